The summed E-state index contributed by atoms with van der Waals surface area (Å²) < 4.78 is 10.4. The third-order valence-electron chi connectivity index (χ3n) is 3.61. The van der Waals surface area contributed by atoms with Crippen LogP contribution in [-0.2, 0) is 9.47 Å². The highest BCUT2D eigenvalue weighted by Gasteiger charge is 2.44. The van der Waals surface area contributed by atoms with E-state index in [2.05, 4.69) is 12.2 Å². The summed E-state index contributed by atoms with van der Waals surface area (Å²) in [4.78, 5) is 0. The summed E-state index contributed by atoms with van der Waals surface area (Å²) in [5.41, 5.74) is 0. The van der Waals surface area contributed by atoms with Crippen molar-refractivity contribution in [1.82, 2.24) is 5.32 Å². The second kappa shape index (κ2) is 10.9. The third kappa shape index (κ3) is 6.72. The molecule has 23 heavy (non-hydrogen) atoms. The van der Waals surface area contributed by atoms with Gasteiger partial charge in [-0.25, -0.2) is 0 Å². The molecule has 1 heterocycles. The largest absolute Gasteiger partial charge is 0.394 e. The summed E-state index contributed by atoms with van der Waals surface area (Å²) in [7, 11) is 0. The van der Waals surface area contributed by atoms with Gasteiger partial charge in [0.15, 0.2) is 6.29 Å². The number of hydrogen-bond donors (Lipinski definition) is 6. The second-order valence-electron chi connectivity index (χ2n) is 5.64. The summed E-state index contributed by atoms with van der Waals surface area (Å²) in [5.74, 6) is 0. The summed E-state index contributed by atoms with van der Waals surface area (Å²) in [5, 5.41) is 50.8. The van der Waals surface area contributed by atoms with Crippen molar-refractivity contribution >= 4 is 0 Å². The molecule has 0 aromatic heterocycles. The van der Waals surface area contributed by atoms with Crippen LogP contribution in [0.5, 0.6) is 0 Å². The van der Waals surface area contributed by atoms with E-state index in [9.17, 15) is 20.4 Å². The van der Waals surface area contributed by atoms with Crippen LogP contribution in [0.25, 0.3) is 0 Å². The molecule has 0 bridgehead atoms. The zero-order chi connectivity index (χ0) is 17.2. The maximum absolute atomic E-state index is 9.79. The minimum atomic E-state index is -1.48. The van der Waals surface area contributed by atoms with Crippen LogP contribution in [0.2, 0.25) is 0 Å². The van der Waals surface area contributed by atoms with Gasteiger partial charge in [0, 0.05) is 6.54 Å². The number of nitrogens with one attached hydrogen (secondary N) is 1. The van der Waals surface area contributed by atoms with E-state index >= 15 is 0 Å². The average Bonchev–Trinajstić information content (AvgIpc) is 2.55. The van der Waals surface area contributed by atoms with Crippen LogP contribution in [0.4, 0.5) is 0 Å². The summed E-state index contributed by atoms with van der Waals surface area (Å²) in [6.07, 6.45) is -0.476. The summed E-state index contributed by atoms with van der Waals surface area (Å²) in [6.45, 7) is 1.73. The Morgan fingerprint density at radius 3 is 2.61 bits per heavy atom. The fraction of sp³-hybridized carbons (Fsp3) is 0.867. The van der Waals surface area contributed by atoms with Crippen molar-refractivity contribution in [3.63, 3.8) is 0 Å². The first-order valence-corrected chi connectivity index (χ1v) is 7.99. The van der Waals surface area contributed by atoms with Crippen molar-refractivity contribution in [1.29, 1.82) is 0 Å². The molecule has 136 valence electrons. The molecule has 8 nitrogen and oxygen atoms in total. The minimum Gasteiger partial charge on any atom is -0.394 e. The number of allylic oxidation sites excluding steroid dienone is 1. The first-order chi connectivity index (χ1) is 11.0. The van der Waals surface area contributed by atoms with E-state index in [0.717, 1.165) is 19.3 Å². The van der Waals surface area contributed by atoms with E-state index < -0.39 is 43.4 Å². The Kier molecular flexibility index (Phi) is 9.65. The second-order valence-corrected chi connectivity index (χ2v) is 5.64. The zero-order valence-electron chi connectivity index (χ0n) is 13.4. The molecule has 0 radical (unpaired) electrons. The van der Waals surface area contributed by atoms with Gasteiger partial charge >= 0.3 is 0 Å². The van der Waals surface area contributed by atoms with Gasteiger partial charge in [-0.2, -0.15) is 0 Å². The van der Waals surface area contributed by atoms with E-state index in [1.54, 1.807) is 6.20 Å². The lowest BCUT2D eigenvalue weighted by Crippen LogP contribution is -2.59. The molecule has 0 aromatic rings. The highest BCUT2D eigenvalue weighted by Crippen LogP contribution is 2.21. The molecular formula is C15H29NO7. The van der Waals surface area contributed by atoms with Crippen molar-refractivity contribution < 1.29 is 35.0 Å². The molecule has 1 rings (SSSR count). The van der Waals surface area contributed by atoms with Crippen LogP contribution < -0.4 is 5.32 Å². The molecule has 6 N–H and O–H groups in total. The highest BCUT2D eigenvalue weighted by atomic mass is 16.7. The monoisotopic (exact) mass is 335 g/mol. The predicted octanol–water partition coefficient (Wildman–Crippen LogP) is -1.54. The Morgan fingerprint density at radius 1 is 1.22 bits per heavy atom. The number of hydrogen-bond acceptors (Lipinski definition) is 8. The lowest BCUT2D eigenvalue weighted by Gasteiger charge is -2.39. The van der Waals surface area contributed by atoms with Gasteiger partial charge in [-0.3, -0.25) is 0 Å². The molecule has 0 aliphatic carbocycles. The van der Waals surface area contributed by atoms with Crippen LogP contribution in [0.1, 0.15) is 26.2 Å². The summed E-state index contributed by atoms with van der Waals surface area (Å²) in [6, 6.07) is 0. The lowest BCUT2D eigenvalue weighted by molar-refractivity contribution is -0.304. The van der Waals surface area contributed by atoms with Crippen molar-refractivity contribution in [3.8, 4) is 0 Å². The molecule has 1 saturated heterocycles. The molecule has 1 unspecified atom stereocenters. The Morgan fingerprint density at radius 2 is 1.96 bits per heavy atom. The van der Waals surface area contributed by atoms with Crippen molar-refractivity contribution in [2.75, 3.05) is 19.8 Å². The van der Waals surface area contributed by atoms with E-state index in [0.29, 0.717) is 0 Å². The molecule has 0 spiro atoms. The Labute approximate surface area is 136 Å². The molecule has 0 aromatic carbocycles. The van der Waals surface area contributed by atoms with Crippen molar-refractivity contribution in [2.45, 2.75) is 63.0 Å². The maximum Gasteiger partial charge on any atom is 0.186 e. The smallest absolute Gasteiger partial charge is 0.186 e. The van der Waals surface area contributed by atoms with Crippen LogP contribution in [0.15, 0.2) is 12.3 Å². The van der Waals surface area contributed by atoms with E-state index in [-0.39, 0.29) is 13.2 Å². The molecule has 1 aliphatic rings. The quantitative estimate of drug-likeness (QED) is 0.265. The van der Waals surface area contributed by atoms with Crippen LogP contribution in [0.3, 0.4) is 0 Å². The Bertz CT molecular complexity index is 340. The van der Waals surface area contributed by atoms with Crippen LogP contribution in [-0.4, -0.2) is 82.1 Å². The molecule has 1 aliphatic heterocycles. The Hall–Kier alpha value is -0.740. The fourth-order valence-corrected chi connectivity index (χ4v) is 2.16. The molecule has 0 amide bonds. The van der Waals surface area contributed by atoms with Crippen molar-refractivity contribution in [2.24, 2.45) is 0 Å². The minimum absolute atomic E-state index is 0.126. The molecule has 0 saturated carbocycles. The van der Waals surface area contributed by atoms with E-state index in [1.807, 2.05) is 6.08 Å². The number of aliphatic hydroxyl groups excluding tert-OH is 5. The van der Waals surface area contributed by atoms with E-state index in [4.69, 9.17) is 14.6 Å². The average molecular weight is 335 g/mol. The molecule has 1 fully saturated rings. The van der Waals surface area contributed by atoms with Gasteiger partial charge in [0.05, 0.1) is 19.3 Å². The normalized spacial score (nSPS) is 33.0. The van der Waals surface area contributed by atoms with Crippen molar-refractivity contribution in [3.05, 3.63) is 12.3 Å². The number of aliphatic hydroxyl groups is 5. The van der Waals surface area contributed by atoms with Gasteiger partial charge in [0.2, 0.25) is 0 Å². The maximum atomic E-state index is 9.79. The van der Waals surface area contributed by atoms with Crippen LogP contribution in [0, 0.1) is 0 Å². The van der Waals surface area contributed by atoms with Crippen LogP contribution >= 0.6 is 0 Å². The first-order valence-electron chi connectivity index (χ1n) is 7.99. The lowest BCUT2D eigenvalue weighted by atomic mass is 9.99. The fourth-order valence-electron chi connectivity index (χ4n) is 2.16. The predicted molar refractivity (Wildman–Crippen MR) is 82.4 cm³/mol. The van der Waals surface area contributed by atoms with Gasteiger partial charge in [0.1, 0.15) is 24.4 Å². The topological polar surface area (TPSA) is 132 Å². The zero-order valence-corrected chi connectivity index (χ0v) is 13.4. The number of unbranched alkanes of at least 4 members (excludes halogenated alkanes) is 2. The van der Waals surface area contributed by atoms with E-state index in [1.165, 1.54) is 0 Å². The molecule has 8 heteroatoms. The first kappa shape index (κ1) is 20.3. The SMILES string of the molecule is CCCCC=CNCC(O)CO[C@H]1O[C@H](CO)[C@H](O)[C@H](O)[C@H]1O. The third-order valence-corrected chi connectivity index (χ3v) is 3.61. The van der Waals surface area contributed by atoms with Gasteiger partial charge in [-0.15, -0.1) is 0 Å². The summed E-state index contributed by atoms with van der Waals surface area (Å²) >= 11 is 0. The number of ether oxygens (including phenoxy) is 2. The Balaban J connectivity index is 2.28. The van der Waals surface area contributed by atoms with Gasteiger partial charge in [-0.1, -0.05) is 25.8 Å². The van der Waals surface area contributed by atoms with Gasteiger partial charge in [-0.05, 0) is 12.6 Å². The highest BCUT2D eigenvalue weighted by molar-refractivity contribution is 4.89. The molecular weight excluding hydrogens is 306 g/mol. The molecule has 6 atom stereocenters. The standard InChI is InChI=1S/C15H29NO7/c1-2-3-4-5-6-16-7-10(18)9-22-15-14(21)13(20)12(19)11(8-17)23-15/h5-6,10-21H,2-4,7-9H2,1H3/t10?,11-,12+,13+,14-,15+/m1/s1. The van der Waals surface area contributed by atoms with Gasteiger partial charge in [0.25, 0.3) is 0 Å². The number of rotatable bonds is 10. The van der Waals surface area contributed by atoms with Gasteiger partial charge < -0.3 is 40.3 Å².